The SMILES string of the molecule is CC(=O)c1nc(-c2ccccc2)oc1-c1ccc(NC(=O)c2ccc(C)cc2)cc1. The lowest BCUT2D eigenvalue weighted by molar-refractivity contribution is 0.101. The standard InChI is InChI=1S/C25H20N2O3/c1-16-8-10-19(11-9-16)24(29)26-21-14-12-18(13-15-21)23-22(17(2)28)27-25(30-23)20-6-4-3-5-7-20/h3-15H,1-2H3,(H,26,29). The lowest BCUT2D eigenvalue weighted by Crippen LogP contribution is -2.11. The molecule has 4 aromatic rings. The van der Waals surface area contributed by atoms with Crippen molar-refractivity contribution in [1.29, 1.82) is 0 Å². The molecular formula is C25H20N2O3. The summed E-state index contributed by atoms with van der Waals surface area (Å²) in [6.45, 7) is 3.44. The lowest BCUT2D eigenvalue weighted by Gasteiger charge is -2.06. The molecule has 1 heterocycles. The molecule has 0 aliphatic carbocycles. The number of Topliss-reactive ketones (excluding diaryl/α,β-unsaturated/α-hetero) is 1. The third-order valence-corrected chi connectivity index (χ3v) is 4.70. The fraction of sp³-hybridized carbons (Fsp3) is 0.0800. The second-order valence-electron chi connectivity index (χ2n) is 7.02. The van der Waals surface area contributed by atoms with Crippen molar-refractivity contribution in [1.82, 2.24) is 4.98 Å². The van der Waals surface area contributed by atoms with Gasteiger partial charge in [-0.2, -0.15) is 0 Å². The molecule has 1 amide bonds. The van der Waals surface area contributed by atoms with Crippen molar-refractivity contribution in [2.45, 2.75) is 13.8 Å². The van der Waals surface area contributed by atoms with Crippen LogP contribution >= 0.6 is 0 Å². The summed E-state index contributed by atoms with van der Waals surface area (Å²) in [7, 11) is 0. The molecule has 30 heavy (non-hydrogen) atoms. The topological polar surface area (TPSA) is 72.2 Å². The van der Waals surface area contributed by atoms with Gasteiger partial charge in [0.15, 0.2) is 17.2 Å². The van der Waals surface area contributed by atoms with Crippen LogP contribution in [0.25, 0.3) is 22.8 Å². The Morgan fingerprint density at radius 3 is 2.13 bits per heavy atom. The lowest BCUT2D eigenvalue weighted by atomic mass is 10.1. The van der Waals surface area contributed by atoms with E-state index in [1.54, 1.807) is 36.4 Å². The summed E-state index contributed by atoms with van der Waals surface area (Å²) in [6, 6.07) is 24.0. The van der Waals surface area contributed by atoms with Crippen molar-refractivity contribution in [3.8, 4) is 22.8 Å². The van der Waals surface area contributed by atoms with E-state index in [1.165, 1.54) is 6.92 Å². The summed E-state index contributed by atoms with van der Waals surface area (Å²) < 4.78 is 5.93. The number of oxazole rings is 1. The van der Waals surface area contributed by atoms with Crippen LogP contribution in [0.1, 0.15) is 33.3 Å². The average molecular weight is 396 g/mol. The highest BCUT2D eigenvalue weighted by Crippen LogP contribution is 2.31. The van der Waals surface area contributed by atoms with Gasteiger partial charge in [-0.25, -0.2) is 4.98 Å². The van der Waals surface area contributed by atoms with E-state index < -0.39 is 0 Å². The summed E-state index contributed by atoms with van der Waals surface area (Å²) in [6.07, 6.45) is 0. The smallest absolute Gasteiger partial charge is 0.255 e. The van der Waals surface area contributed by atoms with Gasteiger partial charge < -0.3 is 9.73 Å². The number of ketones is 1. The minimum absolute atomic E-state index is 0.173. The van der Waals surface area contributed by atoms with Crippen LogP contribution in [0.4, 0.5) is 5.69 Å². The number of hydrogen-bond acceptors (Lipinski definition) is 4. The molecule has 3 aromatic carbocycles. The number of rotatable bonds is 5. The van der Waals surface area contributed by atoms with E-state index in [-0.39, 0.29) is 17.4 Å². The quantitative estimate of drug-likeness (QED) is 0.435. The molecule has 0 bridgehead atoms. The predicted molar refractivity (Wildman–Crippen MR) is 117 cm³/mol. The van der Waals surface area contributed by atoms with Gasteiger partial charge >= 0.3 is 0 Å². The average Bonchev–Trinajstić information content (AvgIpc) is 3.21. The molecule has 0 radical (unpaired) electrons. The highest BCUT2D eigenvalue weighted by molar-refractivity contribution is 6.04. The molecule has 1 N–H and O–H groups in total. The van der Waals surface area contributed by atoms with Gasteiger partial charge in [0.25, 0.3) is 5.91 Å². The predicted octanol–water partition coefficient (Wildman–Crippen LogP) is 5.77. The van der Waals surface area contributed by atoms with Crippen LogP contribution in [0.3, 0.4) is 0 Å². The number of carbonyl (C=O) groups excluding carboxylic acids is 2. The molecule has 0 aliphatic heterocycles. The second kappa shape index (κ2) is 8.17. The number of nitrogens with zero attached hydrogens (tertiary/aromatic N) is 1. The first-order valence-electron chi connectivity index (χ1n) is 9.57. The van der Waals surface area contributed by atoms with Gasteiger partial charge in [0.05, 0.1) is 0 Å². The number of anilines is 1. The van der Waals surface area contributed by atoms with Gasteiger partial charge in [0.1, 0.15) is 0 Å². The summed E-state index contributed by atoms with van der Waals surface area (Å²) >= 11 is 0. The Hall–Kier alpha value is -3.99. The Balaban J connectivity index is 1.59. The fourth-order valence-electron chi connectivity index (χ4n) is 3.07. The van der Waals surface area contributed by atoms with Crippen molar-refractivity contribution in [3.05, 3.63) is 95.7 Å². The Morgan fingerprint density at radius 2 is 1.50 bits per heavy atom. The van der Waals surface area contributed by atoms with Crippen LogP contribution in [0.5, 0.6) is 0 Å². The molecule has 0 fully saturated rings. The van der Waals surface area contributed by atoms with Crippen LogP contribution in [0, 0.1) is 6.92 Å². The van der Waals surface area contributed by atoms with Crippen LogP contribution in [-0.2, 0) is 0 Å². The van der Waals surface area contributed by atoms with Gasteiger partial charge in [-0.1, -0.05) is 35.9 Å². The van der Waals surface area contributed by atoms with Crippen LogP contribution in [0.2, 0.25) is 0 Å². The zero-order chi connectivity index (χ0) is 21.1. The minimum atomic E-state index is -0.182. The minimum Gasteiger partial charge on any atom is -0.435 e. The van der Waals surface area contributed by atoms with Gasteiger partial charge in [0.2, 0.25) is 5.89 Å². The zero-order valence-corrected chi connectivity index (χ0v) is 16.7. The third kappa shape index (κ3) is 4.05. The molecule has 0 unspecified atom stereocenters. The Labute approximate surface area is 174 Å². The van der Waals surface area contributed by atoms with Crippen molar-refractivity contribution < 1.29 is 14.0 Å². The molecule has 5 nitrogen and oxygen atoms in total. The fourth-order valence-corrected chi connectivity index (χ4v) is 3.07. The van der Waals surface area contributed by atoms with E-state index >= 15 is 0 Å². The van der Waals surface area contributed by atoms with Gasteiger partial charge in [-0.15, -0.1) is 0 Å². The number of carbonyl (C=O) groups is 2. The summed E-state index contributed by atoms with van der Waals surface area (Å²) in [5.74, 6) is 0.455. The van der Waals surface area contributed by atoms with Gasteiger partial charge in [-0.05, 0) is 55.5 Å². The van der Waals surface area contributed by atoms with Crippen molar-refractivity contribution in [2.75, 3.05) is 5.32 Å². The van der Waals surface area contributed by atoms with Crippen LogP contribution < -0.4 is 5.32 Å². The molecule has 1 aromatic heterocycles. The molecule has 148 valence electrons. The molecule has 0 saturated carbocycles. The van der Waals surface area contributed by atoms with Gasteiger partial charge in [0, 0.05) is 29.3 Å². The maximum absolute atomic E-state index is 12.4. The number of benzene rings is 3. The van der Waals surface area contributed by atoms with E-state index in [4.69, 9.17) is 4.42 Å². The highest BCUT2D eigenvalue weighted by atomic mass is 16.4. The second-order valence-corrected chi connectivity index (χ2v) is 7.02. The monoisotopic (exact) mass is 396 g/mol. The number of hydrogen-bond donors (Lipinski definition) is 1. The first-order chi connectivity index (χ1) is 14.5. The first-order valence-corrected chi connectivity index (χ1v) is 9.57. The zero-order valence-electron chi connectivity index (χ0n) is 16.7. The Morgan fingerprint density at radius 1 is 0.833 bits per heavy atom. The van der Waals surface area contributed by atoms with E-state index in [0.717, 1.165) is 11.1 Å². The normalized spacial score (nSPS) is 10.6. The summed E-state index contributed by atoms with van der Waals surface area (Å²) in [4.78, 5) is 28.9. The number of amides is 1. The van der Waals surface area contributed by atoms with Crippen molar-refractivity contribution >= 4 is 17.4 Å². The van der Waals surface area contributed by atoms with E-state index in [9.17, 15) is 9.59 Å². The summed E-state index contributed by atoms with van der Waals surface area (Å²) in [5.41, 5.74) is 4.13. The molecule has 0 aliphatic rings. The Bertz CT molecular complexity index is 1190. The number of aromatic nitrogens is 1. The van der Waals surface area contributed by atoms with E-state index in [2.05, 4.69) is 10.3 Å². The van der Waals surface area contributed by atoms with E-state index in [0.29, 0.717) is 28.5 Å². The first kappa shape index (κ1) is 19.3. The highest BCUT2D eigenvalue weighted by Gasteiger charge is 2.19. The molecule has 0 saturated heterocycles. The maximum atomic E-state index is 12.4. The Kier molecular flexibility index (Phi) is 5.26. The molecule has 0 atom stereocenters. The molecule has 0 spiro atoms. The van der Waals surface area contributed by atoms with Gasteiger partial charge in [-0.3, -0.25) is 9.59 Å². The third-order valence-electron chi connectivity index (χ3n) is 4.70. The largest absolute Gasteiger partial charge is 0.435 e. The summed E-state index contributed by atoms with van der Waals surface area (Å²) in [5, 5.41) is 2.87. The number of nitrogens with one attached hydrogen (secondary N) is 1. The van der Waals surface area contributed by atoms with Crippen LogP contribution in [0.15, 0.2) is 83.3 Å². The molecule has 4 rings (SSSR count). The van der Waals surface area contributed by atoms with E-state index in [1.807, 2.05) is 49.4 Å². The number of aryl methyl sites for hydroxylation is 1. The van der Waals surface area contributed by atoms with Crippen molar-refractivity contribution in [2.24, 2.45) is 0 Å². The molecule has 5 heteroatoms. The maximum Gasteiger partial charge on any atom is 0.255 e. The molecular weight excluding hydrogens is 376 g/mol. The van der Waals surface area contributed by atoms with Crippen molar-refractivity contribution in [3.63, 3.8) is 0 Å². The van der Waals surface area contributed by atoms with Crippen LogP contribution in [-0.4, -0.2) is 16.7 Å².